The summed E-state index contributed by atoms with van der Waals surface area (Å²) in [5.41, 5.74) is 0. The van der Waals surface area contributed by atoms with Crippen LogP contribution in [0.4, 0.5) is 0 Å². The van der Waals surface area contributed by atoms with Gasteiger partial charge in [0.2, 0.25) is 0 Å². The summed E-state index contributed by atoms with van der Waals surface area (Å²) in [4.78, 5) is 51.4. The van der Waals surface area contributed by atoms with Crippen LogP contribution < -0.4 is 0 Å². The zero-order valence-corrected chi connectivity index (χ0v) is 51.8. The summed E-state index contributed by atoms with van der Waals surface area (Å²) in [5, 5.41) is 31.6. The maximum atomic E-state index is 13.2. The molecular weight excluding hydrogens is 1020 g/mol. The number of carbonyl (C=O) groups excluding carboxylic acids is 3. The number of unbranched alkanes of at least 4 members (excludes halogenated alkanes) is 33. The molecule has 12 heteroatoms. The quantitative estimate of drug-likeness (QED) is 0.0228. The van der Waals surface area contributed by atoms with Gasteiger partial charge in [0.25, 0.3) is 0 Å². The molecule has 1 fully saturated rings. The van der Waals surface area contributed by atoms with Crippen LogP contribution in [-0.2, 0) is 42.9 Å². The van der Waals surface area contributed by atoms with Gasteiger partial charge in [-0.1, -0.05) is 261 Å². The van der Waals surface area contributed by atoms with Crippen LogP contribution in [0.15, 0.2) is 60.8 Å². The summed E-state index contributed by atoms with van der Waals surface area (Å²) in [6, 6.07) is 0. The second kappa shape index (κ2) is 56.9. The number of carbonyl (C=O) groups is 4. The van der Waals surface area contributed by atoms with E-state index in [1.807, 2.05) is 0 Å². The van der Waals surface area contributed by atoms with Gasteiger partial charge in [-0.3, -0.25) is 14.4 Å². The van der Waals surface area contributed by atoms with Crippen LogP contribution >= 0.6 is 0 Å². The van der Waals surface area contributed by atoms with Crippen molar-refractivity contribution in [3.05, 3.63) is 60.8 Å². The number of hydrogen-bond acceptors (Lipinski definition) is 11. The van der Waals surface area contributed by atoms with Crippen molar-refractivity contribution in [2.75, 3.05) is 13.2 Å². The molecule has 12 nitrogen and oxygen atoms in total. The van der Waals surface area contributed by atoms with Gasteiger partial charge in [-0.25, -0.2) is 4.79 Å². The fraction of sp³-hybridized carbons (Fsp3) is 0.797. The van der Waals surface area contributed by atoms with Crippen molar-refractivity contribution in [2.45, 2.75) is 340 Å². The fourth-order valence-corrected chi connectivity index (χ4v) is 10.0. The first kappa shape index (κ1) is 75.4. The summed E-state index contributed by atoms with van der Waals surface area (Å²) in [6.07, 6.45) is 58.9. The number of aliphatic hydroxyl groups is 2. The van der Waals surface area contributed by atoms with Crippen LogP contribution in [-0.4, -0.2) is 89.2 Å². The number of esters is 3. The topological polar surface area (TPSA) is 175 Å². The van der Waals surface area contributed by atoms with E-state index in [1.165, 1.54) is 116 Å². The highest BCUT2D eigenvalue weighted by atomic mass is 16.7. The Hall–Kier alpha value is -3.58. The highest BCUT2D eigenvalue weighted by molar-refractivity contribution is 5.74. The SMILES string of the molecule is CC/C=C\C/C=C\C/C=C\CCCCCCCCCC(=O)OC(COC(=O)CCCCCCCCCCCCCCCCCCCCC)COC1OC(C(=O)O)C(O)C(O)C1OC(=O)CCCCCCC/C=C\C/C=C\CCCCC. The molecule has 0 aromatic heterocycles. The van der Waals surface area contributed by atoms with E-state index in [1.54, 1.807) is 0 Å². The zero-order valence-electron chi connectivity index (χ0n) is 51.8. The molecule has 0 radical (unpaired) electrons. The standard InChI is InChI=1S/C69H120O12/c1-4-7-10-13-16-19-22-25-28-30-31-33-35-37-40-43-46-49-52-55-61(70)77-58-60(79-62(71)56-53-50-47-44-41-39-36-32-29-26-23-20-17-14-11-8-5-2)59-78-69-67(65(74)64(73)66(81-69)68(75)76)80-63(72)57-54-51-48-45-42-38-34-27-24-21-18-15-12-9-6-3/h8,11,17-18,20-21,26-27,29,34,60,64-67,69,73-74H,4-7,9-10,12-16,19,22-25,28,30-33,35-59H2,1-3H3,(H,75,76)/b11-8-,20-17-,21-18-,29-26-,34-27-. The molecule has 0 saturated carbocycles. The van der Waals surface area contributed by atoms with E-state index in [0.29, 0.717) is 19.3 Å². The Morgan fingerprint density at radius 2 is 0.778 bits per heavy atom. The van der Waals surface area contributed by atoms with E-state index in [-0.39, 0.29) is 25.9 Å². The molecule has 6 unspecified atom stereocenters. The fourth-order valence-electron chi connectivity index (χ4n) is 10.0. The first-order valence-electron chi connectivity index (χ1n) is 33.3. The number of hydrogen-bond donors (Lipinski definition) is 3. The summed E-state index contributed by atoms with van der Waals surface area (Å²) in [7, 11) is 0. The van der Waals surface area contributed by atoms with E-state index in [0.717, 1.165) is 128 Å². The van der Waals surface area contributed by atoms with Crippen molar-refractivity contribution in [1.82, 2.24) is 0 Å². The van der Waals surface area contributed by atoms with E-state index in [4.69, 9.17) is 23.7 Å². The molecule has 1 aliphatic heterocycles. The monoisotopic (exact) mass is 1140 g/mol. The smallest absolute Gasteiger partial charge is 0.335 e. The van der Waals surface area contributed by atoms with Crippen LogP contribution in [0.5, 0.6) is 0 Å². The molecule has 0 aliphatic carbocycles. The lowest BCUT2D eigenvalue weighted by molar-refractivity contribution is -0.301. The molecule has 1 rings (SSSR count). The third-order valence-corrected chi connectivity index (χ3v) is 15.1. The largest absolute Gasteiger partial charge is 0.479 e. The van der Waals surface area contributed by atoms with Gasteiger partial charge in [0, 0.05) is 19.3 Å². The number of aliphatic hydroxyl groups excluding tert-OH is 2. The average molecular weight is 1140 g/mol. The van der Waals surface area contributed by atoms with Crippen molar-refractivity contribution < 1.29 is 58.2 Å². The van der Waals surface area contributed by atoms with E-state index >= 15 is 0 Å². The maximum absolute atomic E-state index is 13.2. The predicted octanol–water partition coefficient (Wildman–Crippen LogP) is 17.9. The molecule has 6 atom stereocenters. The second-order valence-corrected chi connectivity index (χ2v) is 22.7. The van der Waals surface area contributed by atoms with Gasteiger partial charge in [0.15, 0.2) is 24.6 Å². The van der Waals surface area contributed by atoms with Crippen molar-refractivity contribution in [3.63, 3.8) is 0 Å². The van der Waals surface area contributed by atoms with E-state index in [9.17, 15) is 34.5 Å². The van der Waals surface area contributed by atoms with E-state index < -0.39 is 67.3 Å². The minimum atomic E-state index is -1.91. The lowest BCUT2D eigenvalue weighted by atomic mass is 9.98. The van der Waals surface area contributed by atoms with Gasteiger partial charge in [-0.2, -0.15) is 0 Å². The second-order valence-electron chi connectivity index (χ2n) is 22.7. The minimum Gasteiger partial charge on any atom is -0.479 e. The summed E-state index contributed by atoms with van der Waals surface area (Å²) >= 11 is 0. The van der Waals surface area contributed by atoms with Crippen LogP contribution in [0.2, 0.25) is 0 Å². The molecular formula is C69H120O12. The molecule has 3 N–H and O–H groups in total. The predicted molar refractivity (Wildman–Crippen MR) is 331 cm³/mol. The first-order chi connectivity index (χ1) is 39.6. The Balaban J connectivity index is 2.65. The summed E-state index contributed by atoms with van der Waals surface area (Å²) in [6.45, 7) is 5.89. The van der Waals surface area contributed by atoms with Gasteiger partial charge in [-0.15, -0.1) is 0 Å². The number of ether oxygens (including phenoxy) is 5. The molecule has 0 bridgehead atoms. The molecule has 0 amide bonds. The molecule has 1 aliphatic rings. The molecule has 81 heavy (non-hydrogen) atoms. The Bertz CT molecular complexity index is 1640. The molecule has 1 heterocycles. The van der Waals surface area contributed by atoms with Gasteiger partial charge in [0.05, 0.1) is 6.61 Å². The molecule has 0 spiro atoms. The van der Waals surface area contributed by atoms with Crippen molar-refractivity contribution in [3.8, 4) is 0 Å². The Labute approximate surface area is 494 Å². The number of allylic oxidation sites excluding steroid dienone is 10. The molecule has 468 valence electrons. The van der Waals surface area contributed by atoms with Crippen molar-refractivity contribution >= 4 is 23.9 Å². The maximum Gasteiger partial charge on any atom is 0.335 e. The van der Waals surface area contributed by atoms with Gasteiger partial charge < -0.3 is 39.0 Å². The zero-order chi connectivity index (χ0) is 58.9. The van der Waals surface area contributed by atoms with Crippen LogP contribution in [0.1, 0.15) is 303 Å². The van der Waals surface area contributed by atoms with Gasteiger partial charge in [-0.05, 0) is 83.5 Å². The van der Waals surface area contributed by atoms with E-state index in [2.05, 4.69) is 81.5 Å². The first-order valence-corrected chi connectivity index (χ1v) is 33.3. The van der Waals surface area contributed by atoms with Gasteiger partial charge in [0.1, 0.15) is 18.8 Å². The Morgan fingerprint density at radius 1 is 0.420 bits per heavy atom. The van der Waals surface area contributed by atoms with Crippen LogP contribution in [0.25, 0.3) is 0 Å². The number of rotatable bonds is 57. The highest BCUT2D eigenvalue weighted by Crippen LogP contribution is 2.27. The normalized spacial score (nSPS) is 18.1. The van der Waals surface area contributed by atoms with Crippen LogP contribution in [0.3, 0.4) is 0 Å². The Kier molecular flexibility index (Phi) is 53.0. The van der Waals surface area contributed by atoms with Gasteiger partial charge >= 0.3 is 23.9 Å². The summed E-state index contributed by atoms with van der Waals surface area (Å²) < 4.78 is 28.5. The Morgan fingerprint density at radius 3 is 1.21 bits per heavy atom. The highest BCUT2D eigenvalue weighted by Gasteiger charge is 2.50. The molecule has 0 aromatic carbocycles. The summed E-state index contributed by atoms with van der Waals surface area (Å²) in [5.74, 6) is -3.13. The minimum absolute atomic E-state index is 0.0440. The lowest BCUT2D eigenvalue weighted by Crippen LogP contribution is -2.61. The lowest BCUT2D eigenvalue weighted by Gasteiger charge is -2.40. The number of carboxylic acids is 1. The average Bonchev–Trinajstić information content (AvgIpc) is 3.52. The third kappa shape index (κ3) is 46.5. The molecule has 0 aromatic rings. The number of aliphatic carboxylic acids is 1. The van der Waals surface area contributed by atoms with Crippen molar-refractivity contribution in [1.29, 1.82) is 0 Å². The van der Waals surface area contributed by atoms with Crippen molar-refractivity contribution in [2.24, 2.45) is 0 Å². The van der Waals surface area contributed by atoms with Crippen LogP contribution in [0, 0.1) is 0 Å². The molecule has 1 saturated heterocycles. The number of carboxylic acid groups (broad SMARTS) is 1. The third-order valence-electron chi connectivity index (χ3n) is 15.1.